The average Bonchev–Trinajstić information content (AvgIpc) is 3.15. The third kappa shape index (κ3) is 3.81. The number of carbonyl (C=O) groups is 2. The zero-order chi connectivity index (χ0) is 18.0. The van der Waals surface area contributed by atoms with E-state index in [1.807, 2.05) is 12.1 Å². The smallest absolute Gasteiger partial charge is 0.323 e. The van der Waals surface area contributed by atoms with Gasteiger partial charge < -0.3 is 14.6 Å². The number of rotatable bonds is 5. The summed E-state index contributed by atoms with van der Waals surface area (Å²) in [4.78, 5) is 24.4. The van der Waals surface area contributed by atoms with Crippen molar-refractivity contribution in [1.29, 1.82) is 0 Å². The van der Waals surface area contributed by atoms with Crippen molar-refractivity contribution < 1.29 is 24.2 Å². The maximum atomic E-state index is 12.2. The van der Waals surface area contributed by atoms with E-state index in [2.05, 4.69) is 0 Å². The highest BCUT2D eigenvalue weighted by atomic mass is 32.2. The minimum absolute atomic E-state index is 0.0259. The van der Waals surface area contributed by atoms with Crippen LogP contribution < -0.4 is 0 Å². The van der Waals surface area contributed by atoms with Crippen LogP contribution in [-0.4, -0.2) is 37.9 Å². The minimum atomic E-state index is -1.12. The lowest BCUT2D eigenvalue weighted by Crippen LogP contribution is -2.33. The van der Waals surface area contributed by atoms with Crippen LogP contribution in [0.1, 0.15) is 11.3 Å². The monoisotopic (exact) mass is 375 g/mol. The molecule has 0 spiro atoms. The van der Waals surface area contributed by atoms with E-state index in [9.17, 15) is 9.59 Å². The molecule has 1 aromatic heterocycles. The van der Waals surface area contributed by atoms with E-state index in [1.165, 1.54) is 0 Å². The molecule has 0 aliphatic carbocycles. The van der Waals surface area contributed by atoms with Gasteiger partial charge in [0, 0.05) is 11.6 Å². The van der Waals surface area contributed by atoms with Crippen molar-refractivity contribution in [2.24, 2.45) is 0 Å². The molecule has 128 valence electrons. The maximum Gasteiger partial charge on any atom is 0.323 e. The lowest BCUT2D eigenvalue weighted by atomic mass is 10.1. The second-order valence-corrected chi connectivity index (χ2v) is 6.89. The van der Waals surface area contributed by atoms with Gasteiger partial charge in [0.25, 0.3) is 5.91 Å². The molecule has 2 heterocycles. The quantitative estimate of drug-likeness (QED) is 0.613. The number of aliphatic hydroxyl groups excluding tert-OH is 1. The van der Waals surface area contributed by atoms with Gasteiger partial charge in [0.15, 0.2) is 0 Å². The molecule has 1 aliphatic heterocycles. The SMILES string of the molecule is O=C(O)CN1C(=O)/C(=C/c2ccc(-c3ccc(CO)cc3)o2)SC1=S. The Labute approximate surface area is 152 Å². The molecule has 0 atom stereocenters. The van der Waals surface area contributed by atoms with Crippen LogP contribution in [0.15, 0.2) is 45.7 Å². The van der Waals surface area contributed by atoms with Crippen LogP contribution in [-0.2, 0) is 16.2 Å². The second-order valence-electron chi connectivity index (χ2n) is 5.22. The fourth-order valence-electron chi connectivity index (χ4n) is 2.26. The number of nitrogens with zero attached hydrogens (tertiary/aromatic N) is 1. The first-order valence-electron chi connectivity index (χ1n) is 7.25. The van der Waals surface area contributed by atoms with E-state index >= 15 is 0 Å². The van der Waals surface area contributed by atoms with Gasteiger partial charge in [0.05, 0.1) is 11.5 Å². The van der Waals surface area contributed by atoms with Crippen LogP contribution in [0, 0.1) is 0 Å². The second kappa shape index (κ2) is 7.22. The van der Waals surface area contributed by atoms with Gasteiger partial charge in [-0.1, -0.05) is 48.2 Å². The van der Waals surface area contributed by atoms with Gasteiger partial charge in [-0.15, -0.1) is 0 Å². The van der Waals surface area contributed by atoms with Crippen LogP contribution in [0.5, 0.6) is 0 Å². The Balaban J connectivity index is 1.80. The van der Waals surface area contributed by atoms with Crippen molar-refractivity contribution in [2.45, 2.75) is 6.61 Å². The molecule has 0 radical (unpaired) electrons. The summed E-state index contributed by atoms with van der Waals surface area (Å²) < 4.78 is 5.94. The molecule has 8 heteroatoms. The molecular weight excluding hydrogens is 362 g/mol. The number of carboxylic acids is 1. The van der Waals surface area contributed by atoms with Gasteiger partial charge in [0.2, 0.25) is 0 Å². The van der Waals surface area contributed by atoms with Crippen molar-refractivity contribution in [3.05, 3.63) is 52.6 Å². The summed E-state index contributed by atoms with van der Waals surface area (Å²) in [6.45, 7) is -0.482. The number of furan rings is 1. The summed E-state index contributed by atoms with van der Waals surface area (Å²) in [5, 5.41) is 17.9. The number of hydrogen-bond acceptors (Lipinski definition) is 6. The Morgan fingerprint density at radius 2 is 1.96 bits per heavy atom. The molecule has 25 heavy (non-hydrogen) atoms. The largest absolute Gasteiger partial charge is 0.480 e. The van der Waals surface area contributed by atoms with Gasteiger partial charge in [-0.2, -0.15) is 0 Å². The van der Waals surface area contributed by atoms with Crippen LogP contribution in [0.25, 0.3) is 17.4 Å². The number of amides is 1. The Morgan fingerprint density at radius 3 is 2.60 bits per heavy atom. The highest BCUT2D eigenvalue weighted by Crippen LogP contribution is 2.33. The van der Waals surface area contributed by atoms with E-state index in [1.54, 1.807) is 30.3 Å². The predicted octanol–water partition coefficient (Wildman–Crippen LogP) is 2.72. The zero-order valence-corrected chi connectivity index (χ0v) is 14.5. The molecule has 0 bridgehead atoms. The highest BCUT2D eigenvalue weighted by Gasteiger charge is 2.33. The van der Waals surface area contributed by atoms with Crippen molar-refractivity contribution in [2.75, 3.05) is 6.54 Å². The van der Waals surface area contributed by atoms with E-state index in [0.29, 0.717) is 16.4 Å². The van der Waals surface area contributed by atoms with Crippen molar-refractivity contribution in [3.63, 3.8) is 0 Å². The van der Waals surface area contributed by atoms with Crippen LogP contribution in [0.4, 0.5) is 0 Å². The number of hydrogen-bond donors (Lipinski definition) is 2. The number of aliphatic hydroxyl groups is 1. The number of carbonyl (C=O) groups excluding carboxylic acids is 1. The average molecular weight is 375 g/mol. The number of benzene rings is 1. The minimum Gasteiger partial charge on any atom is -0.480 e. The third-order valence-corrected chi connectivity index (χ3v) is 4.87. The number of thiocarbonyl (C=S) groups is 1. The number of aliphatic carboxylic acids is 1. The number of thioether (sulfide) groups is 1. The summed E-state index contributed by atoms with van der Waals surface area (Å²) in [6.07, 6.45) is 1.55. The van der Waals surface area contributed by atoms with Crippen LogP contribution >= 0.6 is 24.0 Å². The van der Waals surface area contributed by atoms with Gasteiger partial charge >= 0.3 is 5.97 Å². The lowest BCUT2D eigenvalue weighted by Gasteiger charge is -2.09. The summed E-state index contributed by atoms with van der Waals surface area (Å²) in [5.74, 6) is -0.472. The molecule has 3 rings (SSSR count). The summed E-state index contributed by atoms with van der Waals surface area (Å²) in [7, 11) is 0. The lowest BCUT2D eigenvalue weighted by molar-refractivity contribution is -0.140. The van der Waals surface area contributed by atoms with Crippen molar-refractivity contribution in [1.82, 2.24) is 4.90 Å². The molecule has 6 nitrogen and oxygen atoms in total. The molecule has 1 saturated heterocycles. The number of carboxylic acid groups (broad SMARTS) is 1. The van der Waals surface area contributed by atoms with Gasteiger partial charge in [0.1, 0.15) is 22.4 Å². The topological polar surface area (TPSA) is 91.0 Å². The fraction of sp³-hybridized carbons (Fsp3) is 0.118. The first kappa shape index (κ1) is 17.4. The van der Waals surface area contributed by atoms with Gasteiger partial charge in [-0.25, -0.2) is 0 Å². The molecule has 2 N–H and O–H groups in total. The molecule has 1 fully saturated rings. The third-order valence-electron chi connectivity index (χ3n) is 3.49. The van der Waals surface area contributed by atoms with E-state index in [0.717, 1.165) is 27.8 Å². The first-order valence-corrected chi connectivity index (χ1v) is 8.47. The van der Waals surface area contributed by atoms with Gasteiger partial charge in [-0.3, -0.25) is 14.5 Å². The summed E-state index contributed by atoms with van der Waals surface area (Å²) in [6, 6.07) is 10.8. The van der Waals surface area contributed by atoms with Crippen molar-refractivity contribution >= 4 is 46.3 Å². The van der Waals surface area contributed by atoms with E-state index < -0.39 is 18.4 Å². The van der Waals surface area contributed by atoms with Crippen LogP contribution in [0.3, 0.4) is 0 Å². The fourth-order valence-corrected chi connectivity index (χ4v) is 3.50. The Morgan fingerprint density at radius 1 is 1.24 bits per heavy atom. The molecule has 1 amide bonds. The Kier molecular flexibility index (Phi) is 5.03. The molecule has 0 unspecified atom stereocenters. The molecule has 2 aromatic rings. The predicted molar refractivity (Wildman–Crippen MR) is 97.6 cm³/mol. The standard InChI is InChI=1S/C17H13NO5S2/c19-9-10-1-3-11(4-2-10)13-6-5-12(23-13)7-14-16(22)18(8-15(20)21)17(24)25-14/h1-7,19H,8-9H2,(H,20,21)/b14-7-. The van der Waals surface area contributed by atoms with E-state index in [-0.39, 0.29) is 10.9 Å². The van der Waals surface area contributed by atoms with Crippen molar-refractivity contribution in [3.8, 4) is 11.3 Å². The summed E-state index contributed by atoms with van der Waals surface area (Å²) in [5.41, 5.74) is 1.65. The highest BCUT2D eigenvalue weighted by molar-refractivity contribution is 8.26. The Hall–Kier alpha value is -2.42. The molecule has 0 saturated carbocycles. The normalized spacial score (nSPS) is 16.0. The summed E-state index contributed by atoms with van der Waals surface area (Å²) >= 11 is 6.09. The Bertz CT molecular complexity index is 869. The first-order chi connectivity index (χ1) is 12.0. The maximum absolute atomic E-state index is 12.2. The van der Waals surface area contributed by atoms with Crippen LogP contribution in [0.2, 0.25) is 0 Å². The zero-order valence-electron chi connectivity index (χ0n) is 12.8. The molecule has 1 aromatic carbocycles. The molecule has 1 aliphatic rings. The van der Waals surface area contributed by atoms with E-state index in [4.69, 9.17) is 26.8 Å². The molecular formula is C17H13NO5S2. The van der Waals surface area contributed by atoms with Gasteiger partial charge in [-0.05, 0) is 17.7 Å².